The zero-order chi connectivity index (χ0) is 15.5. The van der Waals surface area contributed by atoms with Gasteiger partial charge >= 0.3 is 0 Å². The summed E-state index contributed by atoms with van der Waals surface area (Å²) in [6.45, 7) is 0.435. The largest absolute Gasteiger partial charge is 0.367 e. The van der Waals surface area contributed by atoms with Crippen LogP contribution in [0.2, 0.25) is 0 Å². The van der Waals surface area contributed by atoms with Crippen molar-refractivity contribution in [3.05, 3.63) is 48.0 Å². The van der Waals surface area contributed by atoms with Crippen molar-refractivity contribution in [2.45, 2.75) is 31.6 Å². The van der Waals surface area contributed by atoms with E-state index in [4.69, 9.17) is 10.5 Å². The lowest BCUT2D eigenvalue weighted by molar-refractivity contribution is -0.137. The third-order valence-corrected chi connectivity index (χ3v) is 3.91. The molecule has 3 rings (SSSR count). The number of benzene rings is 2. The second-order valence-corrected chi connectivity index (χ2v) is 5.49. The number of nitrogens with one attached hydrogen (secondary N) is 1. The van der Waals surface area contributed by atoms with Crippen molar-refractivity contribution in [3.63, 3.8) is 0 Å². The van der Waals surface area contributed by atoms with Gasteiger partial charge in [0.2, 0.25) is 11.8 Å². The molecule has 2 amide bonds. The Hall–Kier alpha value is -2.40. The molecule has 0 radical (unpaired) electrons. The average molecular weight is 298 g/mol. The normalized spacial score (nSPS) is 20.9. The molecule has 2 atom stereocenters. The smallest absolute Gasteiger partial charge is 0.249 e. The number of hydrogen-bond acceptors (Lipinski definition) is 3. The summed E-state index contributed by atoms with van der Waals surface area (Å²) in [5, 5.41) is 5.16. The number of amides is 2. The van der Waals surface area contributed by atoms with Gasteiger partial charge in [-0.05, 0) is 35.2 Å². The van der Waals surface area contributed by atoms with Crippen LogP contribution in [0.3, 0.4) is 0 Å². The van der Waals surface area contributed by atoms with Crippen LogP contribution < -0.4 is 11.1 Å². The number of carbonyl (C=O) groups is 2. The van der Waals surface area contributed by atoms with Gasteiger partial charge in [-0.3, -0.25) is 9.59 Å². The third kappa shape index (κ3) is 3.09. The summed E-state index contributed by atoms with van der Waals surface area (Å²) in [6.07, 6.45) is -0.199. The first kappa shape index (κ1) is 14.5. The van der Waals surface area contributed by atoms with Gasteiger partial charge in [-0.1, -0.05) is 36.4 Å². The van der Waals surface area contributed by atoms with E-state index in [9.17, 15) is 9.59 Å². The van der Waals surface area contributed by atoms with Crippen molar-refractivity contribution < 1.29 is 14.3 Å². The molecule has 0 saturated carbocycles. The van der Waals surface area contributed by atoms with Gasteiger partial charge in [0.1, 0.15) is 12.2 Å². The number of carbonyl (C=O) groups excluding carboxylic acids is 2. The standard InChI is InChI=1S/C17H18N2O3/c18-16(20)14-7-8-15(22-14)17(21)19-10-11-5-6-12-3-1-2-4-13(12)9-11/h1-6,9,14-15H,7-8,10H2,(H2,18,20)(H,19,21)/t14-,15+/m1/s1. The highest BCUT2D eigenvalue weighted by molar-refractivity contribution is 5.85. The highest BCUT2D eigenvalue weighted by Gasteiger charge is 2.33. The fourth-order valence-corrected chi connectivity index (χ4v) is 2.69. The fraction of sp³-hybridized carbons (Fsp3) is 0.294. The quantitative estimate of drug-likeness (QED) is 0.897. The van der Waals surface area contributed by atoms with E-state index in [2.05, 4.69) is 11.4 Å². The van der Waals surface area contributed by atoms with Crippen LogP contribution in [-0.2, 0) is 20.9 Å². The van der Waals surface area contributed by atoms with Crippen molar-refractivity contribution in [1.82, 2.24) is 5.32 Å². The van der Waals surface area contributed by atoms with Crippen LogP contribution >= 0.6 is 0 Å². The highest BCUT2D eigenvalue weighted by atomic mass is 16.5. The Labute approximate surface area is 128 Å². The first-order valence-corrected chi connectivity index (χ1v) is 7.33. The van der Waals surface area contributed by atoms with E-state index < -0.39 is 18.1 Å². The number of nitrogens with two attached hydrogens (primary N) is 1. The Bertz CT molecular complexity index is 714. The molecule has 0 spiro atoms. The van der Waals surface area contributed by atoms with Crippen molar-refractivity contribution in [1.29, 1.82) is 0 Å². The van der Waals surface area contributed by atoms with Crippen LogP contribution in [0.4, 0.5) is 0 Å². The molecule has 0 bridgehead atoms. The van der Waals surface area contributed by atoms with E-state index in [1.165, 1.54) is 5.39 Å². The van der Waals surface area contributed by atoms with E-state index in [0.29, 0.717) is 19.4 Å². The third-order valence-electron chi connectivity index (χ3n) is 3.91. The Morgan fingerprint density at radius 3 is 2.55 bits per heavy atom. The van der Waals surface area contributed by atoms with Gasteiger partial charge in [0.05, 0.1) is 0 Å². The number of hydrogen-bond donors (Lipinski definition) is 2. The first-order chi connectivity index (χ1) is 10.6. The van der Waals surface area contributed by atoms with Gasteiger partial charge in [0.25, 0.3) is 0 Å². The minimum Gasteiger partial charge on any atom is -0.367 e. The van der Waals surface area contributed by atoms with Gasteiger partial charge in [-0.15, -0.1) is 0 Å². The summed E-state index contributed by atoms with van der Waals surface area (Å²) in [6, 6.07) is 14.2. The van der Waals surface area contributed by atoms with Crippen LogP contribution in [0.25, 0.3) is 10.8 Å². The maximum Gasteiger partial charge on any atom is 0.249 e. The Balaban J connectivity index is 1.59. The molecule has 1 aliphatic heterocycles. The predicted octanol–water partition coefficient (Wildman–Crippen LogP) is 1.49. The van der Waals surface area contributed by atoms with Gasteiger partial charge in [0.15, 0.2) is 0 Å². The number of primary amides is 1. The van der Waals surface area contributed by atoms with Crippen molar-refractivity contribution in [2.24, 2.45) is 5.73 Å². The highest BCUT2D eigenvalue weighted by Crippen LogP contribution is 2.20. The number of rotatable bonds is 4. The minimum absolute atomic E-state index is 0.197. The molecule has 2 aromatic carbocycles. The predicted molar refractivity (Wildman–Crippen MR) is 82.9 cm³/mol. The maximum atomic E-state index is 12.1. The molecular weight excluding hydrogens is 280 g/mol. The monoisotopic (exact) mass is 298 g/mol. The van der Waals surface area contributed by atoms with Crippen molar-refractivity contribution in [3.8, 4) is 0 Å². The van der Waals surface area contributed by atoms with E-state index >= 15 is 0 Å². The molecule has 2 aromatic rings. The van der Waals surface area contributed by atoms with Crippen LogP contribution in [0.15, 0.2) is 42.5 Å². The second kappa shape index (κ2) is 6.15. The molecule has 0 aromatic heterocycles. The summed E-state index contributed by atoms with van der Waals surface area (Å²) < 4.78 is 5.36. The Morgan fingerprint density at radius 1 is 1.09 bits per heavy atom. The first-order valence-electron chi connectivity index (χ1n) is 7.33. The minimum atomic E-state index is -0.642. The van der Waals surface area contributed by atoms with E-state index in [-0.39, 0.29) is 5.91 Å². The Morgan fingerprint density at radius 2 is 1.82 bits per heavy atom. The maximum absolute atomic E-state index is 12.1. The van der Waals surface area contributed by atoms with Crippen molar-refractivity contribution in [2.75, 3.05) is 0 Å². The SMILES string of the molecule is NC(=O)[C@H]1CC[C@@H](C(=O)NCc2ccc3ccccc3c2)O1. The summed E-state index contributed by atoms with van der Waals surface area (Å²) >= 11 is 0. The molecule has 114 valence electrons. The Kier molecular flexibility index (Phi) is 4.06. The van der Waals surface area contributed by atoms with E-state index in [0.717, 1.165) is 10.9 Å². The lowest BCUT2D eigenvalue weighted by Crippen LogP contribution is -2.36. The van der Waals surface area contributed by atoms with Crippen LogP contribution in [0.5, 0.6) is 0 Å². The molecule has 1 saturated heterocycles. The molecule has 5 nitrogen and oxygen atoms in total. The van der Waals surface area contributed by atoms with E-state index in [1.54, 1.807) is 0 Å². The lowest BCUT2D eigenvalue weighted by atomic mass is 10.1. The van der Waals surface area contributed by atoms with Gasteiger partial charge in [-0.25, -0.2) is 0 Å². The molecule has 0 aliphatic carbocycles. The molecule has 3 N–H and O–H groups in total. The summed E-state index contributed by atoms with van der Waals surface area (Å²) in [5.74, 6) is -0.707. The summed E-state index contributed by atoms with van der Waals surface area (Å²) in [5.41, 5.74) is 6.21. The van der Waals surface area contributed by atoms with Gasteiger partial charge in [0, 0.05) is 6.54 Å². The second-order valence-electron chi connectivity index (χ2n) is 5.49. The zero-order valence-electron chi connectivity index (χ0n) is 12.1. The summed E-state index contributed by atoms with van der Waals surface area (Å²) in [4.78, 5) is 23.1. The molecule has 0 unspecified atom stereocenters. The van der Waals surface area contributed by atoms with Gasteiger partial charge in [-0.2, -0.15) is 0 Å². The molecule has 5 heteroatoms. The van der Waals surface area contributed by atoms with Crippen LogP contribution in [0.1, 0.15) is 18.4 Å². The molecule has 1 fully saturated rings. The molecule has 1 heterocycles. The van der Waals surface area contributed by atoms with Crippen LogP contribution in [-0.4, -0.2) is 24.0 Å². The summed E-state index contributed by atoms with van der Waals surface area (Å²) in [7, 11) is 0. The average Bonchev–Trinajstić information content (AvgIpc) is 3.03. The topological polar surface area (TPSA) is 81.4 Å². The van der Waals surface area contributed by atoms with E-state index in [1.807, 2.05) is 36.4 Å². The lowest BCUT2D eigenvalue weighted by Gasteiger charge is -2.12. The molecule has 22 heavy (non-hydrogen) atoms. The molecule has 1 aliphatic rings. The number of ether oxygens (including phenoxy) is 1. The zero-order valence-corrected chi connectivity index (χ0v) is 12.1. The van der Waals surface area contributed by atoms with Crippen molar-refractivity contribution >= 4 is 22.6 Å². The number of fused-ring (bicyclic) bond motifs is 1. The van der Waals surface area contributed by atoms with Gasteiger partial charge < -0.3 is 15.8 Å². The fourth-order valence-electron chi connectivity index (χ4n) is 2.69. The molecular formula is C17H18N2O3. The van der Waals surface area contributed by atoms with Crippen LogP contribution in [0, 0.1) is 0 Å².